The Morgan fingerprint density at radius 1 is 0.842 bits per heavy atom. The number of benzene rings is 1. The number of hydrogen-bond acceptors (Lipinski definition) is 0. The molecule has 0 aliphatic rings. The first-order valence-electron chi connectivity index (χ1n) is 5.34. The Labute approximate surface area is 171 Å². The standard InChI is InChI=1S/C9H11Br7Si3/c1-7(2)8-5-3-4-6-9(8)17(10,11)19(15,16)18(12,13)14/h3-7H,1-2H3. The molecule has 0 heterocycles. The zero-order chi connectivity index (χ0) is 15.1. The minimum absolute atomic E-state index is 0.500. The largest absolute Gasteiger partial charge is 0.278 e. The molecule has 108 valence electrons. The lowest BCUT2D eigenvalue weighted by Gasteiger charge is -2.36. The Morgan fingerprint density at radius 2 is 1.32 bits per heavy atom. The lowest BCUT2D eigenvalue weighted by Crippen LogP contribution is -2.64. The van der Waals surface area contributed by atoms with Gasteiger partial charge in [0.2, 0.25) is 9.18 Å². The van der Waals surface area contributed by atoms with E-state index < -0.39 is 12.6 Å². The summed E-state index contributed by atoms with van der Waals surface area (Å²) in [6.07, 6.45) is 0. The second-order valence-electron chi connectivity index (χ2n) is 4.39. The molecule has 0 amide bonds. The molecule has 0 spiro atoms. The van der Waals surface area contributed by atoms with Crippen LogP contribution in [-0.4, -0.2) is 12.6 Å². The lowest BCUT2D eigenvalue weighted by atomic mass is 10.0. The fourth-order valence-electron chi connectivity index (χ4n) is 1.63. The molecule has 0 unspecified atom stereocenters. The van der Waals surface area contributed by atoms with E-state index in [0.717, 1.165) is 0 Å². The third-order valence-electron chi connectivity index (χ3n) is 2.67. The van der Waals surface area contributed by atoms with Crippen molar-refractivity contribution in [1.82, 2.24) is 0 Å². The highest BCUT2D eigenvalue weighted by Crippen LogP contribution is 2.53. The van der Waals surface area contributed by atoms with E-state index in [1.807, 2.05) is 0 Å². The molecule has 0 atom stereocenters. The normalized spacial score (nSPS) is 14.0. The minimum Gasteiger partial charge on any atom is -0.112 e. The van der Waals surface area contributed by atoms with E-state index in [4.69, 9.17) is 0 Å². The summed E-state index contributed by atoms with van der Waals surface area (Å²) in [5.41, 5.74) is 1.39. The van der Waals surface area contributed by atoms with Crippen molar-refractivity contribution in [3.8, 4) is 0 Å². The summed E-state index contributed by atoms with van der Waals surface area (Å²) in [5.74, 6) is 0.500. The van der Waals surface area contributed by atoms with Gasteiger partial charge in [0, 0.05) is 0 Å². The van der Waals surface area contributed by atoms with Gasteiger partial charge in [0.25, 0.3) is 3.45 Å². The Hall–Kier alpha value is 3.23. The summed E-state index contributed by atoms with van der Waals surface area (Å²) < 4.78 is -3.85. The second-order valence-corrected chi connectivity index (χ2v) is 79.4. The summed E-state index contributed by atoms with van der Waals surface area (Å²) in [6.45, 7) is 4.46. The summed E-state index contributed by atoms with van der Waals surface area (Å²) in [7, 11) is 0. The summed E-state index contributed by atoms with van der Waals surface area (Å²) >= 11 is 27.5. The molecule has 0 fully saturated rings. The monoisotopic (exact) mass is 755 g/mol. The van der Waals surface area contributed by atoms with Gasteiger partial charge in [-0.25, -0.2) is 0 Å². The smallest absolute Gasteiger partial charge is 0.112 e. The van der Waals surface area contributed by atoms with Gasteiger partial charge in [-0.3, -0.25) is 0 Å². The lowest BCUT2D eigenvalue weighted by molar-refractivity contribution is 0.873. The summed E-state index contributed by atoms with van der Waals surface area (Å²) in [4.78, 5) is -2.03. The van der Waals surface area contributed by atoms with E-state index in [2.05, 4.69) is 145 Å². The van der Waals surface area contributed by atoms with E-state index in [1.165, 1.54) is 10.8 Å². The van der Waals surface area contributed by atoms with Crippen molar-refractivity contribution in [2.45, 2.75) is 19.8 Å². The number of halogens is 7. The molecule has 0 aromatic heterocycles. The molecule has 0 N–H and O–H groups in total. The van der Waals surface area contributed by atoms with Crippen molar-refractivity contribution in [3.63, 3.8) is 0 Å². The van der Waals surface area contributed by atoms with Gasteiger partial charge >= 0.3 is 0 Å². The van der Waals surface area contributed by atoms with Gasteiger partial charge in [0.15, 0.2) is 0 Å². The average Bonchev–Trinajstić information content (AvgIpc) is 2.27. The van der Waals surface area contributed by atoms with Crippen LogP contribution in [0.25, 0.3) is 0 Å². The molecule has 0 aliphatic carbocycles. The SMILES string of the molecule is CC(C)c1ccccc1[Si](Br)(Br)[Si](Br)(Br)[Si](Br)(Br)Br. The Bertz CT molecular complexity index is 455. The molecule has 10 heteroatoms. The minimum atomic E-state index is -2.03. The average molecular weight is 763 g/mol. The Balaban J connectivity index is 3.44. The van der Waals surface area contributed by atoms with Gasteiger partial charge in [-0.15, -0.1) is 61.2 Å². The van der Waals surface area contributed by atoms with Crippen molar-refractivity contribution >= 4 is 125 Å². The zero-order valence-electron chi connectivity index (χ0n) is 10.0. The van der Waals surface area contributed by atoms with Crippen LogP contribution in [-0.2, 0) is 0 Å². The molecule has 1 rings (SSSR count). The second kappa shape index (κ2) is 7.42. The third-order valence-corrected chi connectivity index (χ3v) is 132. The maximum Gasteiger partial charge on any atom is 0.278 e. The Kier molecular flexibility index (Phi) is 7.91. The van der Waals surface area contributed by atoms with E-state index in [0.29, 0.717) is 5.92 Å². The van der Waals surface area contributed by atoms with Crippen LogP contribution < -0.4 is 5.19 Å². The van der Waals surface area contributed by atoms with Gasteiger partial charge in [-0.2, -0.15) is 0 Å². The molecule has 0 saturated heterocycles. The van der Waals surface area contributed by atoms with E-state index in [9.17, 15) is 0 Å². The van der Waals surface area contributed by atoms with Gasteiger partial charge < -0.3 is 0 Å². The van der Waals surface area contributed by atoms with Crippen LogP contribution in [0.4, 0.5) is 0 Å². The quantitative estimate of drug-likeness (QED) is 0.235. The molecule has 0 aliphatic heterocycles. The van der Waals surface area contributed by atoms with Crippen LogP contribution >= 0.6 is 107 Å². The van der Waals surface area contributed by atoms with E-state index in [-0.39, 0.29) is 0 Å². The number of rotatable bonds is 4. The molecule has 0 bridgehead atoms. The molecule has 1 aromatic carbocycles. The molecular formula is C9H11Br7Si3. The predicted octanol–water partition coefficient (Wildman–Crippen LogP) is 6.76. The highest BCUT2D eigenvalue weighted by atomic mass is 80.0. The van der Waals surface area contributed by atoms with Crippen molar-refractivity contribution in [1.29, 1.82) is 0 Å². The molecule has 1 aromatic rings. The van der Waals surface area contributed by atoms with Crippen LogP contribution in [0.15, 0.2) is 24.3 Å². The van der Waals surface area contributed by atoms with Gasteiger partial charge in [0.1, 0.15) is 0 Å². The van der Waals surface area contributed by atoms with E-state index >= 15 is 0 Å². The van der Waals surface area contributed by atoms with Crippen LogP contribution in [0.1, 0.15) is 25.3 Å². The maximum absolute atomic E-state index is 4.03. The maximum atomic E-state index is 4.03. The third kappa shape index (κ3) is 4.40. The first-order valence-corrected chi connectivity index (χ1v) is 29.1. The molecule has 19 heavy (non-hydrogen) atoms. The van der Waals surface area contributed by atoms with Gasteiger partial charge in [-0.1, -0.05) is 84.0 Å². The van der Waals surface area contributed by atoms with Crippen molar-refractivity contribution in [2.24, 2.45) is 0 Å². The predicted molar refractivity (Wildman–Crippen MR) is 120 cm³/mol. The molecule has 0 radical (unpaired) electrons. The fourth-order valence-corrected chi connectivity index (χ4v) is 99.8. The van der Waals surface area contributed by atoms with Crippen LogP contribution in [0.2, 0.25) is 0 Å². The van der Waals surface area contributed by atoms with E-state index in [1.54, 1.807) is 0 Å². The fraction of sp³-hybridized carbons (Fsp3) is 0.333. The van der Waals surface area contributed by atoms with Crippen LogP contribution in [0, 0.1) is 0 Å². The number of hydrogen-bond donors (Lipinski definition) is 0. The van der Waals surface area contributed by atoms with Crippen molar-refractivity contribution in [2.75, 3.05) is 0 Å². The highest BCUT2D eigenvalue weighted by Gasteiger charge is 2.64. The first kappa shape index (κ1) is 20.3. The topological polar surface area (TPSA) is 0 Å². The van der Waals surface area contributed by atoms with Crippen molar-refractivity contribution < 1.29 is 0 Å². The first-order chi connectivity index (χ1) is 8.43. The highest BCUT2D eigenvalue weighted by molar-refractivity contribution is 9.84. The summed E-state index contributed by atoms with van der Waals surface area (Å²) in [5, 5.41) is 1.39. The van der Waals surface area contributed by atoms with Gasteiger partial charge in [-0.05, 0) is 16.7 Å². The molecule has 0 saturated carbocycles. The Morgan fingerprint density at radius 3 is 1.74 bits per heavy atom. The van der Waals surface area contributed by atoms with Crippen molar-refractivity contribution in [3.05, 3.63) is 29.8 Å². The zero-order valence-corrected chi connectivity index (χ0v) is 24.1. The van der Waals surface area contributed by atoms with Gasteiger partial charge in [0.05, 0.1) is 0 Å². The summed E-state index contributed by atoms with van der Waals surface area (Å²) in [6, 6.07) is 8.66. The molecule has 0 nitrogen and oxygen atoms in total. The van der Waals surface area contributed by atoms with Crippen LogP contribution in [0.5, 0.6) is 0 Å². The van der Waals surface area contributed by atoms with Crippen LogP contribution in [0.3, 0.4) is 0 Å². The molecular weight excluding hydrogens is 752 g/mol.